The van der Waals surface area contributed by atoms with Crippen LogP contribution in [0, 0.1) is 6.92 Å². The molecule has 2 N–H and O–H groups in total. The smallest absolute Gasteiger partial charge is 0.374 e. The quantitative estimate of drug-likeness (QED) is 0.777. The lowest BCUT2D eigenvalue weighted by molar-refractivity contribution is -0.268. The Hall–Kier alpha value is -1.97. The van der Waals surface area contributed by atoms with Gasteiger partial charge in [-0.15, -0.1) is 11.3 Å². The summed E-state index contributed by atoms with van der Waals surface area (Å²) in [7, 11) is 0. The number of hydrogen-bond donors (Lipinski definition) is 2. The zero-order valence-electron chi connectivity index (χ0n) is 12.6. The molecule has 24 heavy (non-hydrogen) atoms. The van der Waals surface area contributed by atoms with Gasteiger partial charge < -0.3 is 5.11 Å². The molecule has 2 aromatic rings. The Bertz CT molecular complexity index is 691. The second-order valence-electron chi connectivity index (χ2n) is 5.13. The second kappa shape index (κ2) is 7.29. The number of aliphatic hydroxyl groups is 1. The highest BCUT2D eigenvalue weighted by Gasteiger charge is 2.58. The van der Waals surface area contributed by atoms with Crippen molar-refractivity contribution in [3.8, 4) is 0 Å². The molecule has 0 radical (unpaired) electrons. The Kier molecular flexibility index (Phi) is 5.58. The number of amides is 1. The predicted molar refractivity (Wildman–Crippen MR) is 80.8 cm³/mol. The van der Waals surface area contributed by atoms with Crippen molar-refractivity contribution in [3.63, 3.8) is 0 Å². The van der Waals surface area contributed by atoms with Crippen LogP contribution in [-0.4, -0.2) is 22.2 Å². The molecule has 2 rings (SSSR count). The van der Waals surface area contributed by atoms with Crippen molar-refractivity contribution in [3.05, 3.63) is 52.0 Å². The highest BCUT2D eigenvalue weighted by molar-refractivity contribution is 7.09. The van der Waals surface area contributed by atoms with E-state index in [0.29, 0.717) is 17.0 Å². The Balaban J connectivity index is 2.00. The van der Waals surface area contributed by atoms with Crippen LogP contribution in [0.4, 0.5) is 13.2 Å². The zero-order valence-corrected chi connectivity index (χ0v) is 13.4. The van der Waals surface area contributed by atoms with Gasteiger partial charge in [0.05, 0.1) is 13.0 Å². The second-order valence-corrected chi connectivity index (χ2v) is 5.99. The molecule has 1 unspecified atom stereocenters. The van der Waals surface area contributed by atoms with E-state index in [1.165, 1.54) is 12.3 Å². The van der Waals surface area contributed by atoms with Gasteiger partial charge in [0.2, 0.25) is 11.5 Å². The standard InChI is InChI=1S/C15H15F3N2O3S/c1-10-9-24-13(19-10)14(22,15(16,17)18)7-12(21)20-23-8-11-5-3-2-4-6-11/h2-6,9,22H,7-8H2,1H3,(H,20,21). The third-order valence-corrected chi connectivity index (χ3v) is 4.24. The first-order valence-electron chi connectivity index (χ1n) is 6.88. The largest absolute Gasteiger partial charge is 0.424 e. The maximum absolute atomic E-state index is 13.2. The SMILES string of the molecule is Cc1csc(C(O)(CC(=O)NOCc2ccccc2)C(F)(F)F)n1. The maximum Gasteiger partial charge on any atom is 0.424 e. The Morgan fingerprint density at radius 3 is 2.54 bits per heavy atom. The van der Waals surface area contributed by atoms with Gasteiger partial charge in [-0.05, 0) is 12.5 Å². The van der Waals surface area contributed by atoms with E-state index >= 15 is 0 Å². The molecule has 1 amide bonds. The van der Waals surface area contributed by atoms with Gasteiger partial charge in [0.25, 0.3) is 0 Å². The summed E-state index contributed by atoms with van der Waals surface area (Å²) in [6, 6.07) is 8.77. The molecule has 0 aliphatic rings. The van der Waals surface area contributed by atoms with Crippen molar-refractivity contribution in [2.75, 3.05) is 0 Å². The summed E-state index contributed by atoms with van der Waals surface area (Å²) >= 11 is 0.644. The summed E-state index contributed by atoms with van der Waals surface area (Å²) in [6.07, 6.45) is -6.29. The molecule has 1 aromatic heterocycles. The minimum absolute atomic E-state index is 0.00656. The molecule has 5 nitrogen and oxygen atoms in total. The van der Waals surface area contributed by atoms with E-state index < -0.39 is 29.1 Å². The highest BCUT2D eigenvalue weighted by atomic mass is 32.1. The summed E-state index contributed by atoms with van der Waals surface area (Å²) in [5.41, 5.74) is -0.374. The first-order chi connectivity index (χ1) is 11.2. The number of carbonyl (C=O) groups is 1. The molecule has 9 heteroatoms. The minimum atomic E-state index is -5.05. The van der Waals surface area contributed by atoms with Crippen molar-refractivity contribution in [1.82, 2.24) is 10.5 Å². The number of nitrogens with zero attached hydrogens (tertiary/aromatic N) is 1. The van der Waals surface area contributed by atoms with Crippen LogP contribution < -0.4 is 5.48 Å². The predicted octanol–water partition coefficient (Wildman–Crippen LogP) is 2.84. The fourth-order valence-corrected chi connectivity index (χ4v) is 2.80. The van der Waals surface area contributed by atoms with E-state index in [9.17, 15) is 23.1 Å². The van der Waals surface area contributed by atoms with Crippen molar-refractivity contribution in [2.24, 2.45) is 0 Å². The summed E-state index contributed by atoms with van der Waals surface area (Å²) in [6.45, 7) is 1.49. The number of hydrogen-bond acceptors (Lipinski definition) is 5. The van der Waals surface area contributed by atoms with Crippen LogP contribution >= 0.6 is 11.3 Å². The van der Waals surface area contributed by atoms with Crippen LogP contribution in [0.25, 0.3) is 0 Å². The average Bonchev–Trinajstić information content (AvgIpc) is 2.94. The number of thiazole rings is 1. The molecule has 0 spiro atoms. The fraction of sp³-hybridized carbons (Fsp3) is 0.333. The molecular formula is C15H15F3N2O3S. The van der Waals surface area contributed by atoms with Crippen LogP contribution in [0.15, 0.2) is 35.7 Å². The molecule has 0 bridgehead atoms. The maximum atomic E-state index is 13.2. The number of alkyl halides is 3. The summed E-state index contributed by atoms with van der Waals surface area (Å²) < 4.78 is 39.7. The van der Waals surface area contributed by atoms with E-state index in [0.717, 1.165) is 5.56 Å². The van der Waals surface area contributed by atoms with E-state index in [2.05, 4.69) is 4.98 Å². The first-order valence-corrected chi connectivity index (χ1v) is 7.76. The van der Waals surface area contributed by atoms with Gasteiger partial charge in [0, 0.05) is 11.1 Å². The molecule has 1 aromatic carbocycles. The van der Waals surface area contributed by atoms with Gasteiger partial charge in [0.1, 0.15) is 5.01 Å². The molecule has 0 saturated heterocycles. The number of benzene rings is 1. The number of aryl methyl sites for hydroxylation is 1. The van der Waals surface area contributed by atoms with Crippen LogP contribution in [-0.2, 0) is 21.8 Å². The third-order valence-electron chi connectivity index (χ3n) is 3.13. The van der Waals surface area contributed by atoms with Crippen molar-refractivity contribution in [1.29, 1.82) is 0 Å². The van der Waals surface area contributed by atoms with Crippen LogP contribution in [0.2, 0.25) is 0 Å². The van der Waals surface area contributed by atoms with Crippen LogP contribution in [0.3, 0.4) is 0 Å². The summed E-state index contributed by atoms with van der Waals surface area (Å²) in [5, 5.41) is 10.8. The summed E-state index contributed by atoms with van der Waals surface area (Å²) in [5.74, 6) is -1.10. The first kappa shape index (κ1) is 18.4. The Morgan fingerprint density at radius 2 is 2.00 bits per heavy atom. The molecule has 0 aliphatic carbocycles. The normalized spacial score (nSPS) is 14.2. The van der Waals surface area contributed by atoms with E-state index in [1.807, 2.05) is 5.48 Å². The fourth-order valence-electron chi connectivity index (χ4n) is 1.88. The number of halogens is 3. The highest BCUT2D eigenvalue weighted by Crippen LogP contribution is 2.42. The van der Waals surface area contributed by atoms with Gasteiger partial charge in [0.15, 0.2) is 0 Å². The molecule has 0 fully saturated rings. The monoisotopic (exact) mass is 360 g/mol. The van der Waals surface area contributed by atoms with Crippen LogP contribution in [0.1, 0.15) is 22.7 Å². The Morgan fingerprint density at radius 1 is 1.33 bits per heavy atom. The van der Waals surface area contributed by atoms with Crippen LogP contribution in [0.5, 0.6) is 0 Å². The lowest BCUT2D eigenvalue weighted by atomic mass is 9.99. The van der Waals surface area contributed by atoms with Gasteiger partial charge in [-0.2, -0.15) is 13.2 Å². The molecule has 1 atom stereocenters. The number of hydroxylamine groups is 1. The van der Waals surface area contributed by atoms with Crippen molar-refractivity contribution >= 4 is 17.2 Å². The third kappa shape index (κ3) is 4.31. The van der Waals surface area contributed by atoms with E-state index in [4.69, 9.17) is 4.84 Å². The number of rotatable bonds is 6. The van der Waals surface area contributed by atoms with Crippen molar-refractivity contribution in [2.45, 2.75) is 31.7 Å². The molecule has 0 aliphatic heterocycles. The topological polar surface area (TPSA) is 71.5 Å². The van der Waals surface area contributed by atoms with Crippen molar-refractivity contribution < 1.29 is 27.9 Å². The molecule has 1 heterocycles. The number of nitrogens with one attached hydrogen (secondary N) is 1. The average molecular weight is 360 g/mol. The Labute approximate surface area is 140 Å². The number of carbonyl (C=O) groups excluding carboxylic acids is 1. The minimum Gasteiger partial charge on any atom is -0.374 e. The lowest BCUT2D eigenvalue weighted by Crippen LogP contribution is -2.46. The summed E-state index contributed by atoms with van der Waals surface area (Å²) in [4.78, 5) is 20.3. The van der Waals surface area contributed by atoms with Gasteiger partial charge >= 0.3 is 6.18 Å². The molecule has 130 valence electrons. The lowest BCUT2D eigenvalue weighted by Gasteiger charge is -2.27. The molecule has 0 saturated carbocycles. The van der Waals surface area contributed by atoms with Gasteiger partial charge in [-0.3, -0.25) is 9.63 Å². The number of aromatic nitrogens is 1. The van der Waals surface area contributed by atoms with Gasteiger partial charge in [-0.1, -0.05) is 30.3 Å². The zero-order chi connectivity index (χ0) is 17.8. The molecular weight excluding hydrogens is 345 g/mol. The van der Waals surface area contributed by atoms with Gasteiger partial charge in [-0.25, -0.2) is 10.5 Å². The van der Waals surface area contributed by atoms with E-state index in [1.54, 1.807) is 30.3 Å². The van der Waals surface area contributed by atoms with E-state index in [-0.39, 0.29) is 6.61 Å².